The Bertz CT molecular complexity index is 962. The van der Waals surface area contributed by atoms with Crippen LogP contribution in [0, 0.1) is 13.8 Å². The number of aryl methyl sites for hydroxylation is 4. The second-order valence-corrected chi connectivity index (χ2v) is 9.11. The molecule has 0 bridgehead atoms. The summed E-state index contributed by atoms with van der Waals surface area (Å²) in [5.74, 6) is -0.194. The average molecular weight is 406 g/mol. The Kier molecular flexibility index (Phi) is 5.90. The lowest BCUT2D eigenvalue weighted by Gasteiger charge is -2.21. The number of carbonyl (C=O) groups is 1. The van der Waals surface area contributed by atoms with Gasteiger partial charge >= 0.3 is 0 Å². The molecule has 1 unspecified atom stereocenters. The van der Waals surface area contributed by atoms with Gasteiger partial charge in [-0.1, -0.05) is 23.4 Å². The van der Waals surface area contributed by atoms with Gasteiger partial charge in [0, 0.05) is 0 Å². The number of rotatable bonds is 6. The molecule has 1 aliphatic rings. The zero-order chi connectivity index (χ0) is 20.5. The van der Waals surface area contributed by atoms with Gasteiger partial charge in [0.05, 0.1) is 12.1 Å². The summed E-state index contributed by atoms with van der Waals surface area (Å²) < 4.78 is 32.5. The van der Waals surface area contributed by atoms with Gasteiger partial charge in [0.2, 0.25) is 15.9 Å². The second-order valence-electron chi connectivity index (χ2n) is 7.46. The van der Waals surface area contributed by atoms with Crippen LogP contribution in [0.4, 0.5) is 0 Å². The number of amides is 1. The van der Waals surface area contributed by atoms with Crippen molar-refractivity contribution in [2.24, 2.45) is 0 Å². The largest absolute Gasteiger partial charge is 0.360 e. The molecule has 0 spiro atoms. The fraction of sp³-hybridized carbons (Fsp3) is 0.500. The fourth-order valence-corrected chi connectivity index (χ4v) is 5.18. The van der Waals surface area contributed by atoms with Crippen LogP contribution in [0.1, 0.15) is 60.9 Å². The van der Waals surface area contributed by atoms with Crippen molar-refractivity contribution in [3.8, 4) is 0 Å². The summed E-state index contributed by atoms with van der Waals surface area (Å²) in [6.07, 6.45) is 4.59. The van der Waals surface area contributed by atoms with Crippen molar-refractivity contribution in [2.45, 2.75) is 70.4 Å². The molecule has 1 aliphatic carbocycles. The third-order valence-corrected chi connectivity index (χ3v) is 6.98. The van der Waals surface area contributed by atoms with Crippen molar-refractivity contribution >= 4 is 15.9 Å². The SMILES string of the molecule is Cc1noc(C)c1S(=O)(=O)N[C@@H](C)C(=O)NC(C)c1ccc2c(c1)CCCC2. The molecule has 7 nitrogen and oxygen atoms in total. The first-order chi connectivity index (χ1) is 13.2. The molecule has 0 saturated carbocycles. The number of nitrogens with zero attached hydrogens (tertiary/aromatic N) is 1. The molecule has 2 N–H and O–H groups in total. The standard InChI is InChI=1S/C20H27N3O4S/c1-12(17-10-9-16-7-5-6-8-18(16)11-17)21-20(24)14(3)23-28(25,26)19-13(2)22-27-15(19)4/h9-12,14,23H,5-8H2,1-4H3,(H,21,24)/t12?,14-/m0/s1. The van der Waals surface area contributed by atoms with Crippen LogP contribution in [0.25, 0.3) is 0 Å². The summed E-state index contributed by atoms with van der Waals surface area (Å²) in [4.78, 5) is 12.5. The van der Waals surface area contributed by atoms with Gasteiger partial charge in [-0.05, 0) is 70.1 Å². The molecule has 2 atom stereocenters. The van der Waals surface area contributed by atoms with Crippen LogP contribution in [-0.4, -0.2) is 25.5 Å². The molecule has 28 heavy (non-hydrogen) atoms. The quantitative estimate of drug-likeness (QED) is 0.769. The van der Waals surface area contributed by atoms with Crippen molar-refractivity contribution in [3.63, 3.8) is 0 Å². The van der Waals surface area contributed by atoms with Crippen LogP contribution in [0.15, 0.2) is 27.6 Å². The van der Waals surface area contributed by atoms with E-state index in [1.54, 1.807) is 6.92 Å². The Hall–Kier alpha value is -2.19. The van der Waals surface area contributed by atoms with Gasteiger partial charge in [0.15, 0.2) is 5.76 Å². The number of hydrogen-bond donors (Lipinski definition) is 2. The minimum absolute atomic E-state index is 0.0186. The first kappa shape index (κ1) is 20.5. The van der Waals surface area contributed by atoms with E-state index in [0.717, 1.165) is 18.4 Å². The Labute approximate surface area is 165 Å². The number of fused-ring (bicyclic) bond motifs is 1. The summed E-state index contributed by atoms with van der Waals surface area (Å²) in [6.45, 7) is 6.49. The third kappa shape index (κ3) is 4.28. The van der Waals surface area contributed by atoms with E-state index < -0.39 is 16.1 Å². The van der Waals surface area contributed by atoms with Crippen LogP contribution < -0.4 is 10.0 Å². The zero-order valence-electron chi connectivity index (χ0n) is 16.7. The highest BCUT2D eigenvalue weighted by Crippen LogP contribution is 2.25. The topological polar surface area (TPSA) is 101 Å². The van der Waals surface area contributed by atoms with Crippen LogP contribution in [0.2, 0.25) is 0 Å². The van der Waals surface area contributed by atoms with Gasteiger partial charge in [0.1, 0.15) is 10.6 Å². The first-order valence-corrected chi connectivity index (χ1v) is 11.0. The van der Waals surface area contributed by atoms with Crippen molar-refractivity contribution in [1.82, 2.24) is 15.2 Å². The molecule has 152 valence electrons. The number of sulfonamides is 1. The summed E-state index contributed by atoms with van der Waals surface area (Å²) in [6, 6.07) is 5.17. The molecule has 1 heterocycles. The maximum atomic E-state index is 12.6. The Morgan fingerprint density at radius 1 is 1.14 bits per heavy atom. The summed E-state index contributed by atoms with van der Waals surface area (Å²) >= 11 is 0. The predicted octanol–water partition coefficient (Wildman–Crippen LogP) is 2.71. The molecule has 0 fully saturated rings. The lowest BCUT2D eigenvalue weighted by atomic mass is 9.89. The highest BCUT2D eigenvalue weighted by Gasteiger charge is 2.28. The number of carbonyl (C=O) groups excluding carboxylic acids is 1. The van der Waals surface area contributed by atoms with E-state index in [1.165, 1.54) is 37.8 Å². The van der Waals surface area contributed by atoms with Gasteiger partial charge in [0.25, 0.3) is 0 Å². The van der Waals surface area contributed by atoms with Crippen molar-refractivity contribution in [2.75, 3.05) is 0 Å². The Balaban J connectivity index is 1.67. The van der Waals surface area contributed by atoms with Crippen LogP contribution in [-0.2, 0) is 27.7 Å². The predicted molar refractivity (Wildman–Crippen MR) is 105 cm³/mol. The minimum Gasteiger partial charge on any atom is -0.360 e. The minimum atomic E-state index is -3.90. The van der Waals surface area contributed by atoms with E-state index in [-0.39, 0.29) is 28.3 Å². The molecule has 2 aromatic rings. The van der Waals surface area contributed by atoms with E-state index in [9.17, 15) is 13.2 Å². The summed E-state index contributed by atoms with van der Waals surface area (Å²) in [7, 11) is -3.90. The molecule has 0 aliphatic heterocycles. The van der Waals surface area contributed by atoms with Crippen molar-refractivity contribution in [3.05, 3.63) is 46.3 Å². The van der Waals surface area contributed by atoms with Crippen molar-refractivity contribution < 1.29 is 17.7 Å². The maximum Gasteiger partial charge on any atom is 0.246 e. The Morgan fingerprint density at radius 2 is 1.82 bits per heavy atom. The average Bonchev–Trinajstić information content (AvgIpc) is 3.00. The summed E-state index contributed by atoms with van der Waals surface area (Å²) in [5, 5.41) is 6.56. The lowest BCUT2D eigenvalue weighted by molar-refractivity contribution is -0.123. The van der Waals surface area contributed by atoms with Crippen LogP contribution in [0.5, 0.6) is 0 Å². The van der Waals surface area contributed by atoms with Gasteiger partial charge in [-0.25, -0.2) is 8.42 Å². The van der Waals surface area contributed by atoms with Crippen LogP contribution in [0.3, 0.4) is 0 Å². The second kappa shape index (κ2) is 8.05. The molecule has 1 aromatic carbocycles. The summed E-state index contributed by atoms with van der Waals surface area (Å²) in [5.41, 5.74) is 4.01. The molecule has 0 saturated heterocycles. The fourth-order valence-electron chi connectivity index (χ4n) is 3.65. The van der Waals surface area contributed by atoms with E-state index >= 15 is 0 Å². The normalized spacial score (nSPS) is 16.3. The monoisotopic (exact) mass is 405 g/mol. The van der Waals surface area contributed by atoms with Gasteiger partial charge in [-0.2, -0.15) is 4.72 Å². The molecule has 0 radical (unpaired) electrons. The van der Waals surface area contributed by atoms with E-state index in [4.69, 9.17) is 4.52 Å². The molecule has 1 amide bonds. The van der Waals surface area contributed by atoms with Crippen molar-refractivity contribution in [1.29, 1.82) is 0 Å². The Morgan fingerprint density at radius 3 is 2.46 bits per heavy atom. The van der Waals surface area contributed by atoms with E-state index in [1.807, 2.05) is 13.0 Å². The molecular weight excluding hydrogens is 378 g/mol. The smallest absolute Gasteiger partial charge is 0.246 e. The number of hydrogen-bond acceptors (Lipinski definition) is 5. The number of aromatic nitrogens is 1. The number of nitrogens with one attached hydrogen (secondary N) is 2. The van der Waals surface area contributed by atoms with Gasteiger partial charge < -0.3 is 9.84 Å². The zero-order valence-corrected chi connectivity index (χ0v) is 17.5. The number of benzene rings is 1. The van der Waals surface area contributed by atoms with Crippen LogP contribution >= 0.6 is 0 Å². The molecule has 1 aromatic heterocycles. The highest BCUT2D eigenvalue weighted by atomic mass is 32.2. The third-order valence-electron chi connectivity index (χ3n) is 5.19. The maximum absolute atomic E-state index is 12.6. The first-order valence-electron chi connectivity index (χ1n) is 9.56. The highest BCUT2D eigenvalue weighted by molar-refractivity contribution is 7.89. The van der Waals surface area contributed by atoms with E-state index in [2.05, 4.69) is 27.3 Å². The van der Waals surface area contributed by atoms with Gasteiger partial charge in [-0.15, -0.1) is 0 Å². The van der Waals surface area contributed by atoms with Gasteiger partial charge in [-0.3, -0.25) is 4.79 Å². The van der Waals surface area contributed by atoms with E-state index in [0.29, 0.717) is 0 Å². The molecule has 8 heteroatoms. The lowest BCUT2D eigenvalue weighted by Crippen LogP contribution is -2.45. The molecule has 3 rings (SSSR count). The molecular formula is C20H27N3O4S.